The molecule has 1 rings (SSSR count). The van der Waals surface area contributed by atoms with Crippen LogP contribution in [0.4, 0.5) is 13.2 Å². The third kappa shape index (κ3) is 2.95. The molecule has 0 fully saturated rings. The van der Waals surface area contributed by atoms with Crippen LogP contribution >= 0.6 is 0 Å². The number of ether oxygens (including phenoxy) is 1. The molecule has 1 unspecified atom stereocenters. The minimum Gasteiger partial charge on any atom is -0.464 e. The van der Waals surface area contributed by atoms with Crippen LogP contribution in [0.15, 0.2) is 18.3 Å². The third-order valence-electron chi connectivity index (χ3n) is 1.90. The maximum absolute atomic E-state index is 12.2. The van der Waals surface area contributed by atoms with Crippen molar-refractivity contribution in [3.8, 4) is 5.88 Å². The van der Waals surface area contributed by atoms with Gasteiger partial charge in [-0.2, -0.15) is 13.2 Å². The summed E-state index contributed by atoms with van der Waals surface area (Å²) >= 11 is 0. The number of carbonyl (C=O) groups is 1. The molecule has 0 spiro atoms. The second-order valence-corrected chi connectivity index (χ2v) is 3.21. The zero-order chi connectivity index (χ0) is 12.3. The number of ketones is 1. The first-order valence-electron chi connectivity index (χ1n) is 4.51. The molecule has 0 amide bonds. The molecular formula is C10H10F3NO2. The minimum absolute atomic E-state index is 0.0404. The highest BCUT2D eigenvalue weighted by Crippen LogP contribution is 2.25. The molecule has 0 radical (unpaired) electrons. The Hall–Kier alpha value is -1.59. The number of Topliss-reactive ketones (excluding diaryl/α,β-unsaturated/α-hetero) is 1. The Labute approximate surface area is 90.2 Å². The van der Waals surface area contributed by atoms with Gasteiger partial charge in [0.25, 0.3) is 0 Å². The highest BCUT2D eigenvalue weighted by molar-refractivity contribution is 5.96. The molecule has 0 bridgehead atoms. The van der Waals surface area contributed by atoms with Crippen LogP contribution in [0.2, 0.25) is 0 Å². The molecule has 16 heavy (non-hydrogen) atoms. The van der Waals surface area contributed by atoms with E-state index in [2.05, 4.69) is 9.72 Å². The first kappa shape index (κ1) is 12.5. The highest BCUT2D eigenvalue weighted by atomic mass is 19.4. The van der Waals surface area contributed by atoms with Crippen molar-refractivity contribution in [2.45, 2.75) is 26.1 Å². The van der Waals surface area contributed by atoms with E-state index >= 15 is 0 Å². The SMILES string of the molecule is CC(=O)c1cccnc1OC(C)C(F)(F)F. The fourth-order valence-corrected chi connectivity index (χ4v) is 0.987. The van der Waals surface area contributed by atoms with E-state index in [4.69, 9.17) is 0 Å². The van der Waals surface area contributed by atoms with Crippen molar-refractivity contribution >= 4 is 5.78 Å². The van der Waals surface area contributed by atoms with E-state index in [0.29, 0.717) is 0 Å². The Morgan fingerprint density at radius 2 is 2.12 bits per heavy atom. The number of pyridine rings is 1. The zero-order valence-electron chi connectivity index (χ0n) is 8.71. The maximum atomic E-state index is 12.2. The lowest BCUT2D eigenvalue weighted by molar-refractivity contribution is -0.190. The molecule has 0 aliphatic rings. The van der Waals surface area contributed by atoms with Gasteiger partial charge in [0.1, 0.15) is 0 Å². The number of rotatable bonds is 3. The standard InChI is InChI=1S/C10H10F3NO2/c1-6(15)8-4-3-5-14-9(8)16-7(2)10(11,12)13/h3-5,7H,1-2H3. The normalized spacial score (nSPS) is 13.3. The largest absolute Gasteiger partial charge is 0.464 e. The number of halogens is 3. The molecular weight excluding hydrogens is 223 g/mol. The van der Waals surface area contributed by atoms with Crippen LogP contribution < -0.4 is 4.74 Å². The van der Waals surface area contributed by atoms with Gasteiger partial charge in [0, 0.05) is 6.20 Å². The van der Waals surface area contributed by atoms with Crippen molar-refractivity contribution in [3.05, 3.63) is 23.9 Å². The van der Waals surface area contributed by atoms with Gasteiger partial charge in [-0.05, 0) is 26.0 Å². The van der Waals surface area contributed by atoms with Gasteiger partial charge in [-0.15, -0.1) is 0 Å². The Morgan fingerprint density at radius 3 is 2.62 bits per heavy atom. The van der Waals surface area contributed by atoms with E-state index in [1.807, 2.05) is 0 Å². The summed E-state index contributed by atoms with van der Waals surface area (Å²) in [5, 5.41) is 0. The van der Waals surface area contributed by atoms with Gasteiger partial charge >= 0.3 is 6.18 Å². The van der Waals surface area contributed by atoms with Crippen LogP contribution in [-0.4, -0.2) is 23.0 Å². The first-order valence-corrected chi connectivity index (χ1v) is 4.51. The van der Waals surface area contributed by atoms with Crippen LogP contribution in [0.3, 0.4) is 0 Å². The summed E-state index contributed by atoms with van der Waals surface area (Å²) in [7, 11) is 0. The predicted octanol–water partition coefficient (Wildman–Crippen LogP) is 2.61. The second-order valence-electron chi connectivity index (χ2n) is 3.21. The smallest absolute Gasteiger partial charge is 0.425 e. The Bertz CT molecular complexity index is 390. The summed E-state index contributed by atoms with van der Waals surface area (Å²) in [5.74, 6) is -0.683. The molecule has 1 heterocycles. The summed E-state index contributed by atoms with van der Waals surface area (Å²) in [6.07, 6.45) is -5.21. The number of carbonyl (C=O) groups excluding carboxylic acids is 1. The molecule has 3 nitrogen and oxygen atoms in total. The maximum Gasteiger partial charge on any atom is 0.425 e. The Kier molecular flexibility index (Phi) is 3.51. The summed E-state index contributed by atoms with van der Waals surface area (Å²) in [5.41, 5.74) is 0.0404. The Morgan fingerprint density at radius 1 is 1.50 bits per heavy atom. The average Bonchev–Trinajstić information content (AvgIpc) is 2.16. The van der Waals surface area contributed by atoms with Crippen molar-refractivity contribution in [2.75, 3.05) is 0 Å². The van der Waals surface area contributed by atoms with Crippen LogP contribution in [0.1, 0.15) is 24.2 Å². The van der Waals surface area contributed by atoms with Crippen molar-refractivity contribution in [2.24, 2.45) is 0 Å². The topological polar surface area (TPSA) is 39.2 Å². The van der Waals surface area contributed by atoms with Crippen LogP contribution in [0, 0.1) is 0 Å². The first-order chi connectivity index (χ1) is 7.32. The van der Waals surface area contributed by atoms with E-state index in [-0.39, 0.29) is 11.4 Å². The number of aromatic nitrogens is 1. The van der Waals surface area contributed by atoms with E-state index in [9.17, 15) is 18.0 Å². The molecule has 88 valence electrons. The second kappa shape index (κ2) is 4.51. The molecule has 0 aliphatic carbocycles. The fourth-order valence-electron chi connectivity index (χ4n) is 0.987. The van der Waals surface area contributed by atoms with Crippen molar-refractivity contribution in [1.29, 1.82) is 0 Å². The lowest BCUT2D eigenvalue weighted by atomic mass is 10.2. The lowest BCUT2D eigenvalue weighted by Gasteiger charge is -2.17. The molecule has 0 aromatic carbocycles. The summed E-state index contributed by atoms with van der Waals surface area (Å²) < 4.78 is 41.3. The van der Waals surface area contributed by atoms with Gasteiger partial charge in [-0.3, -0.25) is 4.79 Å². The molecule has 1 atom stereocenters. The quantitative estimate of drug-likeness (QED) is 0.753. The van der Waals surface area contributed by atoms with Gasteiger partial charge in [0.15, 0.2) is 11.9 Å². The molecule has 1 aromatic rings. The monoisotopic (exact) mass is 233 g/mol. The van der Waals surface area contributed by atoms with Gasteiger partial charge < -0.3 is 4.74 Å². The van der Waals surface area contributed by atoms with Gasteiger partial charge in [-0.1, -0.05) is 0 Å². The van der Waals surface area contributed by atoms with Crippen LogP contribution in [0.5, 0.6) is 5.88 Å². The summed E-state index contributed by atoms with van der Waals surface area (Å²) in [6.45, 7) is 2.10. The van der Waals surface area contributed by atoms with Crippen LogP contribution in [-0.2, 0) is 0 Å². The number of nitrogens with zero attached hydrogens (tertiary/aromatic N) is 1. The molecule has 0 aliphatic heterocycles. The number of alkyl halides is 3. The van der Waals surface area contributed by atoms with E-state index in [1.54, 1.807) is 0 Å². The van der Waals surface area contributed by atoms with Gasteiger partial charge in [0.2, 0.25) is 5.88 Å². The number of hydrogen-bond acceptors (Lipinski definition) is 3. The van der Waals surface area contributed by atoms with Crippen molar-refractivity contribution in [3.63, 3.8) is 0 Å². The van der Waals surface area contributed by atoms with E-state index in [0.717, 1.165) is 6.92 Å². The summed E-state index contributed by atoms with van der Waals surface area (Å²) in [6, 6.07) is 2.83. The lowest BCUT2D eigenvalue weighted by Crippen LogP contribution is -2.31. The molecule has 1 aromatic heterocycles. The molecule has 0 saturated heterocycles. The minimum atomic E-state index is -4.48. The predicted molar refractivity (Wildman–Crippen MR) is 50.4 cm³/mol. The van der Waals surface area contributed by atoms with E-state index in [1.165, 1.54) is 25.3 Å². The average molecular weight is 233 g/mol. The van der Waals surface area contributed by atoms with Gasteiger partial charge in [-0.25, -0.2) is 4.98 Å². The molecule has 6 heteroatoms. The van der Waals surface area contributed by atoms with E-state index < -0.39 is 18.1 Å². The molecule has 0 N–H and O–H groups in total. The third-order valence-corrected chi connectivity index (χ3v) is 1.90. The molecule has 0 saturated carbocycles. The van der Waals surface area contributed by atoms with Gasteiger partial charge in [0.05, 0.1) is 5.56 Å². The highest BCUT2D eigenvalue weighted by Gasteiger charge is 2.38. The van der Waals surface area contributed by atoms with Crippen molar-refractivity contribution < 1.29 is 22.7 Å². The Balaban J connectivity index is 2.93. The zero-order valence-corrected chi connectivity index (χ0v) is 8.71. The number of hydrogen-bond donors (Lipinski definition) is 0. The van der Waals surface area contributed by atoms with Crippen LogP contribution in [0.25, 0.3) is 0 Å². The summed E-state index contributed by atoms with van der Waals surface area (Å²) in [4.78, 5) is 14.7. The fraction of sp³-hybridized carbons (Fsp3) is 0.400. The van der Waals surface area contributed by atoms with Crippen molar-refractivity contribution in [1.82, 2.24) is 4.98 Å².